The molecule has 0 saturated carbocycles. The minimum Gasteiger partial charge on any atom is -0.378 e. The maximum atomic E-state index is 13.8. The lowest BCUT2D eigenvalue weighted by Gasteiger charge is -2.36. The number of hydrogen-bond acceptors (Lipinski definition) is 12. The second-order valence-corrected chi connectivity index (χ2v) is 18.2. The summed E-state index contributed by atoms with van der Waals surface area (Å²) in [4.78, 5) is 30.3. The lowest BCUT2D eigenvalue weighted by Crippen LogP contribution is -2.46. The van der Waals surface area contributed by atoms with Crippen LogP contribution in [0.5, 0.6) is 0 Å². The van der Waals surface area contributed by atoms with Gasteiger partial charge in [-0.2, -0.15) is 0 Å². The number of piperazine rings is 1. The molecule has 0 radical (unpaired) electrons. The Balaban J connectivity index is 1.01. The molecule has 312 valence electrons. The van der Waals surface area contributed by atoms with Crippen molar-refractivity contribution < 1.29 is 13.3 Å². The molecule has 60 heavy (non-hydrogen) atoms. The topological polar surface area (TPSA) is 140 Å². The highest BCUT2D eigenvalue weighted by atomic mass is 32.2. The fraction of sp³-hybridized carbons (Fsp3) is 0.289. The Morgan fingerprint density at radius 3 is 2.30 bits per heavy atom. The molecule has 0 bridgehead atoms. The van der Waals surface area contributed by atoms with Crippen LogP contribution in [0, 0.1) is 10.1 Å². The minimum atomic E-state index is -4.26. The Morgan fingerprint density at radius 1 is 0.850 bits per heavy atom. The second-order valence-electron chi connectivity index (χ2n) is 15.4. The van der Waals surface area contributed by atoms with Crippen LogP contribution in [0.4, 0.5) is 28.6 Å². The molecule has 15 heteroatoms. The number of nitrogens with one attached hydrogen (secondary N) is 2. The van der Waals surface area contributed by atoms with Gasteiger partial charge in [0.05, 0.1) is 15.3 Å². The quantitative estimate of drug-likeness (QED) is 0.0524. The second kappa shape index (κ2) is 19.1. The number of nitro groups is 1. The van der Waals surface area contributed by atoms with Crippen molar-refractivity contribution in [3.63, 3.8) is 0 Å². The van der Waals surface area contributed by atoms with Gasteiger partial charge in [0, 0.05) is 86.3 Å². The van der Waals surface area contributed by atoms with Crippen LogP contribution in [0.3, 0.4) is 0 Å². The van der Waals surface area contributed by atoms with Crippen molar-refractivity contribution in [2.75, 3.05) is 86.5 Å². The molecule has 1 atom stereocenters. The number of benzene rings is 5. The third kappa shape index (κ3) is 10.5. The Kier molecular flexibility index (Phi) is 13.5. The number of hydrogen-bond donors (Lipinski definition) is 2. The van der Waals surface area contributed by atoms with Gasteiger partial charge in [-0.3, -0.25) is 19.7 Å². The van der Waals surface area contributed by atoms with E-state index in [1.165, 1.54) is 40.8 Å². The fourth-order valence-corrected chi connectivity index (χ4v) is 9.33. The van der Waals surface area contributed by atoms with Gasteiger partial charge in [0.25, 0.3) is 15.7 Å². The first-order valence-electron chi connectivity index (χ1n) is 19.9. The summed E-state index contributed by atoms with van der Waals surface area (Å²) in [6.45, 7) is 5.02. The molecule has 13 nitrogen and oxygen atoms in total. The molecule has 7 rings (SSSR count). The van der Waals surface area contributed by atoms with Crippen molar-refractivity contribution >= 4 is 61.3 Å². The molecular formula is C45H51N9O4S2. The number of thioether (sulfide) groups is 1. The molecule has 2 N–H and O–H groups in total. The normalized spacial score (nSPS) is 14.0. The molecule has 0 unspecified atom stereocenters. The summed E-state index contributed by atoms with van der Waals surface area (Å²) in [5, 5.41) is 16.2. The van der Waals surface area contributed by atoms with Crippen molar-refractivity contribution in [1.82, 2.24) is 19.8 Å². The van der Waals surface area contributed by atoms with Crippen molar-refractivity contribution in [3.05, 3.63) is 137 Å². The molecule has 0 amide bonds. The monoisotopic (exact) mass is 845 g/mol. The van der Waals surface area contributed by atoms with E-state index in [4.69, 9.17) is 0 Å². The third-order valence-electron chi connectivity index (χ3n) is 10.6. The maximum Gasteiger partial charge on any atom is 0.293 e. The first-order chi connectivity index (χ1) is 28.9. The van der Waals surface area contributed by atoms with Gasteiger partial charge in [0.1, 0.15) is 12.0 Å². The lowest BCUT2D eigenvalue weighted by molar-refractivity contribution is -0.384. The zero-order valence-corrected chi connectivity index (χ0v) is 36.0. The smallest absolute Gasteiger partial charge is 0.293 e. The summed E-state index contributed by atoms with van der Waals surface area (Å²) >= 11 is 1.66. The van der Waals surface area contributed by atoms with Crippen LogP contribution in [-0.2, 0) is 16.6 Å². The van der Waals surface area contributed by atoms with Crippen LogP contribution in [0.2, 0.25) is 0 Å². The van der Waals surface area contributed by atoms with Gasteiger partial charge in [0.15, 0.2) is 5.82 Å². The van der Waals surface area contributed by atoms with Crippen molar-refractivity contribution in [1.29, 1.82) is 0 Å². The van der Waals surface area contributed by atoms with E-state index in [0.717, 1.165) is 62.3 Å². The van der Waals surface area contributed by atoms with E-state index in [-0.39, 0.29) is 28.1 Å². The highest BCUT2D eigenvalue weighted by Gasteiger charge is 2.25. The Morgan fingerprint density at radius 2 is 1.58 bits per heavy atom. The van der Waals surface area contributed by atoms with E-state index in [1.54, 1.807) is 11.8 Å². The predicted octanol–water partition coefficient (Wildman–Crippen LogP) is 7.92. The molecule has 6 aromatic rings. The highest BCUT2D eigenvalue weighted by Crippen LogP contribution is 2.33. The molecule has 1 aliphatic rings. The van der Waals surface area contributed by atoms with Crippen LogP contribution in [0.15, 0.2) is 131 Å². The Hall–Kier alpha value is -5.74. The summed E-state index contributed by atoms with van der Waals surface area (Å²) < 4.78 is 30.1. The molecule has 1 aromatic heterocycles. The first-order valence-corrected chi connectivity index (χ1v) is 22.4. The van der Waals surface area contributed by atoms with Gasteiger partial charge in [-0.05, 0) is 98.3 Å². The maximum absolute atomic E-state index is 13.8. The van der Waals surface area contributed by atoms with Gasteiger partial charge in [-0.25, -0.2) is 18.4 Å². The molecule has 0 spiro atoms. The van der Waals surface area contributed by atoms with Crippen molar-refractivity contribution in [3.8, 4) is 11.1 Å². The van der Waals surface area contributed by atoms with Crippen LogP contribution < -0.4 is 19.8 Å². The van der Waals surface area contributed by atoms with E-state index in [2.05, 4.69) is 88.1 Å². The summed E-state index contributed by atoms with van der Waals surface area (Å²) in [5.74, 6) is 0.760. The van der Waals surface area contributed by atoms with Gasteiger partial charge >= 0.3 is 0 Å². The minimum absolute atomic E-state index is 0.0953. The average molecular weight is 846 g/mol. The Labute approximate surface area is 356 Å². The summed E-state index contributed by atoms with van der Waals surface area (Å²) in [5.41, 5.74) is 6.41. The van der Waals surface area contributed by atoms with Crippen LogP contribution in [0.25, 0.3) is 22.0 Å². The van der Waals surface area contributed by atoms with Crippen molar-refractivity contribution in [2.24, 2.45) is 0 Å². The average Bonchev–Trinajstić information content (AvgIpc) is 3.25. The van der Waals surface area contributed by atoms with Gasteiger partial charge in [0.2, 0.25) is 0 Å². The van der Waals surface area contributed by atoms with E-state index >= 15 is 0 Å². The van der Waals surface area contributed by atoms with E-state index in [0.29, 0.717) is 16.7 Å². The molecule has 0 aliphatic carbocycles. The van der Waals surface area contributed by atoms with E-state index in [9.17, 15) is 18.5 Å². The SMILES string of the molecule is CN(C)CC[C@H](CSc1ccccc1)Nc1ccc(S(=O)(=O)Nc2ncnc3cc(N4CCN(Cc5ccccc5-c5ccc(N(C)C)cc5)CC4)ccc23)cc1[N+](=O)[O-]. The summed E-state index contributed by atoms with van der Waals surface area (Å²) in [6.07, 6.45) is 2.05. The number of fused-ring (bicyclic) bond motifs is 1. The lowest BCUT2D eigenvalue weighted by atomic mass is 9.99. The fourth-order valence-electron chi connectivity index (χ4n) is 7.29. The molecule has 1 fully saturated rings. The number of aromatic nitrogens is 2. The van der Waals surface area contributed by atoms with Gasteiger partial charge in [-0.15, -0.1) is 11.8 Å². The first kappa shape index (κ1) is 42.4. The number of nitrogens with zero attached hydrogens (tertiary/aromatic N) is 7. The number of rotatable bonds is 17. The predicted molar refractivity (Wildman–Crippen MR) is 245 cm³/mol. The molecular weight excluding hydrogens is 795 g/mol. The zero-order chi connectivity index (χ0) is 42.2. The third-order valence-corrected chi connectivity index (χ3v) is 13.2. The van der Waals surface area contributed by atoms with Crippen LogP contribution >= 0.6 is 11.8 Å². The molecule has 5 aromatic carbocycles. The largest absolute Gasteiger partial charge is 0.378 e. The highest BCUT2D eigenvalue weighted by molar-refractivity contribution is 7.99. The molecule has 1 aliphatic heterocycles. The molecule has 1 saturated heterocycles. The standard InChI is InChI=1S/C45H51N9O4S2/c1-50(2)23-22-35(31-59-38-11-6-5-7-12-38)48-42-21-19-39(29-44(42)54(55)56)60(57,58)49-45-41-20-18-37(28-43(41)46-32-47-45)53-26-24-52(25-27-53)30-34-10-8-9-13-40(34)33-14-16-36(17-15-33)51(3)4/h5-21,28-29,32,35,48H,22-27,30-31H2,1-4H3,(H,46,47,49)/t35-/m1/s1. The summed E-state index contributed by atoms with van der Waals surface area (Å²) in [7, 11) is 3.79. The zero-order valence-electron chi connectivity index (χ0n) is 34.4. The van der Waals surface area contributed by atoms with Crippen molar-refractivity contribution in [2.45, 2.75) is 28.8 Å². The Bertz CT molecular complexity index is 2520. The van der Waals surface area contributed by atoms with E-state index < -0.39 is 14.9 Å². The van der Waals surface area contributed by atoms with Gasteiger partial charge in [-0.1, -0.05) is 54.6 Å². The molecule has 2 heterocycles. The number of nitro benzene ring substituents is 1. The van der Waals surface area contributed by atoms with E-state index in [1.807, 2.05) is 76.7 Å². The van der Waals surface area contributed by atoms with Crippen LogP contribution in [0.1, 0.15) is 12.0 Å². The number of sulfonamides is 1. The number of anilines is 4. The van der Waals surface area contributed by atoms with Crippen LogP contribution in [-0.4, -0.2) is 106 Å². The summed E-state index contributed by atoms with van der Waals surface area (Å²) in [6, 6.07) is 36.8. The van der Waals surface area contributed by atoms with Gasteiger partial charge < -0.3 is 20.0 Å².